The van der Waals surface area contributed by atoms with E-state index in [1.807, 2.05) is 27.7 Å². The fourth-order valence-corrected chi connectivity index (χ4v) is 15.2. The van der Waals surface area contributed by atoms with Gasteiger partial charge >= 0.3 is 23.9 Å². The molecule has 0 aliphatic carbocycles. The van der Waals surface area contributed by atoms with E-state index in [0.29, 0.717) is 82.6 Å². The lowest BCUT2D eigenvalue weighted by Crippen LogP contribution is -2.43. The van der Waals surface area contributed by atoms with Crippen LogP contribution in [-0.2, 0) is 91.0 Å². The largest absolute Gasteiger partial charge is 0.481 e. The minimum absolute atomic E-state index is 0.0312. The number of carboxylic acid groups (broad SMARTS) is 2. The second kappa shape index (κ2) is 44.7. The highest BCUT2D eigenvalue weighted by atomic mass is 32.2. The maximum atomic E-state index is 12.3. The molecular formula is C65H114O22S4. The number of carboxylic acids is 2. The summed E-state index contributed by atoms with van der Waals surface area (Å²) < 4.78 is 115. The highest BCUT2D eigenvalue weighted by Gasteiger charge is 2.44. The van der Waals surface area contributed by atoms with Crippen molar-refractivity contribution in [3.8, 4) is 0 Å². The third kappa shape index (κ3) is 34.0. The summed E-state index contributed by atoms with van der Waals surface area (Å²) in [6.07, 6.45) is 16.3. The van der Waals surface area contributed by atoms with Crippen LogP contribution in [0.4, 0.5) is 0 Å². The average Bonchev–Trinajstić information content (AvgIpc) is 1.00. The molecule has 1 aromatic carbocycles. The molecule has 0 atom stereocenters. The number of aliphatic hydroxyl groups excluding tert-OH is 1. The van der Waals surface area contributed by atoms with Gasteiger partial charge in [-0.1, -0.05) is 17.7 Å². The molecular weight excluding hydrogens is 1260 g/mol. The molecule has 0 amide bonds. The summed E-state index contributed by atoms with van der Waals surface area (Å²) >= 11 is 1.71. The van der Waals surface area contributed by atoms with Crippen LogP contribution in [0.2, 0.25) is 0 Å². The molecule has 1 aromatic rings. The Labute approximate surface area is 549 Å². The summed E-state index contributed by atoms with van der Waals surface area (Å²) in [5.74, 6) is 1.34. The number of hydrogen-bond donors (Lipinski definition) is 3. The summed E-state index contributed by atoms with van der Waals surface area (Å²) in [7, 11) is -10.7. The number of carbonyl (C=O) groups is 4. The molecule has 0 bridgehead atoms. The molecule has 6 heterocycles. The van der Waals surface area contributed by atoms with Gasteiger partial charge in [-0.25, -0.2) is 16.8 Å². The Kier molecular flexibility index (Phi) is 41.3. The lowest BCUT2D eigenvalue weighted by atomic mass is 9.97. The fourth-order valence-electron chi connectivity index (χ4n) is 10.2. The first-order valence-electron chi connectivity index (χ1n) is 32.9. The standard InChI is InChI=1S/C14H20O4S.C13H24O5S.C13H24O3S.C11H20O5S.C7H12O3.C7H14O2/c1-12-2-4-14(5-3-12)19(15,16)18-11-8-13-6-9-17-10-7-13;1-4-18-12(14)13(2,3)19(15,16)10-7-11-5-8-17-9-6-11;1-4-16-12(14)13(2,3)17-10-7-11-5-8-15-9-6-11;1-11(2,10(12)13)17(14,15)8-5-9-3-6-16-7-4-9;8-7(9)5-6-1-3-10-4-2-6;8-4-1-7-2-5-9-6-3-7/h2-5,13H,6-11H2,1H3;11H,4-10H2,1-3H3;11H,4-10H2,1-3H3;9H,3-8H2,1-2H3,(H,12,13);6H,1-5H2,(H,8,9);7-8H,1-6H2. The number of aliphatic hydroxyl groups is 1. The van der Waals surface area contributed by atoms with Gasteiger partial charge in [0.15, 0.2) is 29.2 Å². The second-order valence-corrected chi connectivity index (χ2v) is 34.1. The predicted octanol–water partition coefficient (Wildman–Crippen LogP) is 9.72. The van der Waals surface area contributed by atoms with E-state index < -0.39 is 61.9 Å². The summed E-state index contributed by atoms with van der Waals surface area (Å²) in [6, 6.07) is 6.71. The number of hydrogen-bond acceptors (Lipinski definition) is 21. The highest BCUT2D eigenvalue weighted by molar-refractivity contribution is 8.01. The van der Waals surface area contributed by atoms with Gasteiger partial charge in [-0.2, -0.15) is 8.42 Å². The Morgan fingerprint density at radius 3 is 1.20 bits per heavy atom. The van der Waals surface area contributed by atoms with Crippen molar-refractivity contribution in [3.63, 3.8) is 0 Å². The number of benzene rings is 1. The Hall–Kier alpha value is -3.02. The van der Waals surface area contributed by atoms with Crippen molar-refractivity contribution < 1.29 is 102 Å². The molecule has 3 N–H and O–H groups in total. The first-order chi connectivity index (χ1) is 42.9. The van der Waals surface area contributed by atoms with Gasteiger partial charge in [0.25, 0.3) is 10.1 Å². The molecule has 22 nitrogen and oxygen atoms in total. The van der Waals surface area contributed by atoms with E-state index in [0.717, 1.165) is 153 Å². The Bertz CT molecular complexity index is 2500. The van der Waals surface area contributed by atoms with Gasteiger partial charge in [-0.05, 0) is 225 Å². The zero-order valence-electron chi connectivity index (χ0n) is 56.2. The molecule has 6 aliphatic heterocycles. The van der Waals surface area contributed by atoms with Crippen LogP contribution in [0.5, 0.6) is 0 Å². The van der Waals surface area contributed by atoms with Gasteiger partial charge in [-0.15, -0.1) is 11.8 Å². The number of aryl methyl sites for hydroxylation is 1. The maximum absolute atomic E-state index is 12.3. The van der Waals surface area contributed by atoms with Crippen LogP contribution in [0.25, 0.3) is 0 Å². The normalized spacial score (nSPS) is 18.9. The van der Waals surface area contributed by atoms with E-state index in [2.05, 4.69) is 0 Å². The fraction of sp³-hybridized carbons (Fsp3) is 0.846. The molecule has 6 aliphatic rings. The van der Waals surface area contributed by atoms with Gasteiger partial charge < -0.3 is 53.2 Å². The molecule has 6 saturated heterocycles. The van der Waals surface area contributed by atoms with Crippen LogP contribution < -0.4 is 0 Å². The van der Waals surface area contributed by atoms with E-state index in [-0.39, 0.29) is 35.6 Å². The van der Waals surface area contributed by atoms with Crippen molar-refractivity contribution >= 4 is 65.4 Å². The number of sulfone groups is 2. The smallest absolute Gasteiger partial charge is 0.326 e. The van der Waals surface area contributed by atoms with Gasteiger partial charge in [0.1, 0.15) is 4.75 Å². The van der Waals surface area contributed by atoms with Gasteiger partial charge in [0, 0.05) is 92.3 Å². The molecule has 0 aromatic heterocycles. The van der Waals surface area contributed by atoms with Gasteiger partial charge in [0.05, 0.1) is 36.2 Å². The minimum Gasteiger partial charge on any atom is -0.481 e. The number of carbonyl (C=O) groups excluding carboxylic acids is 2. The lowest BCUT2D eigenvalue weighted by Gasteiger charge is -2.25. The van der Waals surface area contributed by atoms with E-state index >= 15 is 0 Å². The predicted molar refractivity (Wildman–Crippen MR) is 351 cm³/mol. The van der Waals surface area contributed by atoms with Crippen molar-refractivity contribution in [2.24, 2.45) is 35.5 Å². The van der Waals surface area contributed by atoms with Crippen LogP contribution in [0.1, 0.15) is 177 Å². The van der Waals surface area contributed by atoms with Crippen molar-refractivity contribution in [2.45, 2.75) is 197 Å². The zero-order valence-corrected chi connectivity index (χ0v) is 59.4. The van der Waals surface area contributed by atoms with Crippen LogP contribution in [-0.4, -0.2) is 202 Å². The summed E-state index contributed by atoms with van der Waals surface area (Å²) in [5.41, 5.74) is 1.03. The molecule has 0 radical (unpaired) electrons. The third-order valence-electron chi connectivity index (χ3n) is 17.3. The van der Waals surface area contributed by atoms with Crippen molar-refractivity contribution in [1.82, 2.24) is 0 Å². The van der Waals surface area contributed by atoms with Crippen LogP contribution in [0.3, 0.4) is 0 Å². The molecule has 0 unspecified atom stereocenters. The summed E-state index contributed by atoms with van der Waals surface area (Å²) in [4.78, 5) is 44.8. The number of ether oxygens (including phenoxy) is 8. The molecule has 91 heavy (non-hydrogen) atoms. The van der Waals surface area contributed by atoms with Crippen LogP contribution in [0, 0.1) is 42.4 Å². The van der Waals surface area contributed by atoms with Crippen LogP contribution >= 0.6 is 11.8 Å². The molecule has 7 rings (SSSR count). The SMILES string of the molecule is CC(C)(C(=O)O)S(=O)(=O)CCC1CCOCC1.CCOC(=O)C(C)(C)S(=O)(=O)CCC1CCOCC1.CCOC(=O)C(C)(C)SCCC1CCOCC1.Cc1ccc(S(=O)(=O)OCCC2CCOCC2)cc1.O=C(O)CC1CCOCC1.OCCC1CCOCC1. The number of esters is 2. The minimum atomic E-state index is -3.61. The van der Waals surface area contributed by atoms with Crippen LogP contribution in [0.15, 0.2) is 29.2 Å². The van der Waals surface area contributed by atoms with Gasteiger partial charge in [0.2, 0.25) is 0 Å². The quantitative estimate of drug-likeness (QED) is 0.0574. The first-order valence-corrected chi connectivity index (χ1v) is 38.6. The molecule has 530 valence electrons. The van der Waals surface area contributed by atoms with E-state index in [9.17, 15) is 44.4 Å². The van der Waals surface area contributed by atoms with E-state index in [1.54, 1.807) is 43.0 Å². The summed E-state index contributed by atoms with van der Waals surface area (Å²) in [6.45, 7) is 25.2. The first kappa shape index (κ1) is 84.1. The number of aliphatic carboxylic acids is 2. The monoisotopic (exact) mass is 1370 g/mol. The average molecular weight is 1380 g/mol. The highest BCUT2D eigenvalue weighted by Crippen LogP contribution is 2.31. The Morgan fingerprint density at radius 2 is 0.835 bits per heavy atom. The maximum Gasteiger partial charge on any atom is 0.326 e. The second-order valence-electron chi connectivity index (χ2n) is 25.5. The topological polar surface area (TPSA) is 314 Å². The molecule has 0 saturated carbocycles. The van der Waals surface area contributed by atoms with E-state index in [4.69, 9.17) is 57.4 Å². The number of thioether (sulfide) groups is 1. The zero-order chi connectivity index (χ0) is 68.0. The Morgan fingerprint density at radius 1 is 0.495 bits per heavy atom. The molecule has 6 fully saturated rings. The number of rotatable bonds is 26. The van der Waals surface area contributed by atoms with Crippen molar-refractivity contribution in [3.05, 3.63) is 29.8 Å². The molecule has 0 spiro atoms. The third-order valence-corrected chi connectivity index (χ3v) is 25.0. The lowest BCUT2D eigenvalue weighted by molar-refractivity contribution is -0.146. The van der Waals surface area contributed by atoms with E-state index in [1.165, 1.54) is 47.0 Å². The molecule has 26 heteroatoms. The van der Waals surface area contributed by atoms with Gasteiger partial charge in [-0.3, -0.25) is 23.4 Å². The Balaban J connectivity index is 0.000000379. The van der Waals surface area contributed by atoms with Crippen molar-refractivity contribution in [1.29, 1.82) is 0 Å². The van der Waals surface area contributed by atoms with Crippen molar-refractivity contribution in [2.75, 3.05) is 123 Å². The summed E-state index contributed by atoms with van der Waals surface area (Å²) in [5, 5.41) is 25.9.